The second-order valence-electron chi connectivity index (χ2n) is 5.54. The molecular formula is C16H20N4O2. The van der Waals surface area contributed by atoms with E-state index in [2.05, 4.69) is 10.1 Å². The van der Waals surface area contributed by atoms with Gasteiger partial charge in [-0.25, -0.2) is 4.98 Å². The van der Waals surface area contributed by atoms with E-state index < -0.39 is 0 Å². The second-order valence-corrected chi connectivity index (χ2v) is 5.54. The van der Waals surface area contributed by atoms with Crippen LogP contribution in [-0.4, -0.2) is 34.8 Å². The van der Waals surface area contributed by atoms with Gasteiger partial charge in [0.1, 0.15) is 0 Å². The number of methoxy groups -OCH3 is 1. The van der Waals surface area contributed by atoms with E-state index in [1.807, 2.05) is 10.9 Å². The van der Waals surface area contributed by atoms with Gasteiger partial charge in [-0.15, -0.1) is 0 Å². The van der Waals surface area contributed by atoms with Crippen LogP contribution in [0.2, 0.25) is 0 Å². The first-order valence-electron chi connectivity index (χ1n) is 7.52. The Morgan fingerprint density at radius 1 is 1.32 bits per heavy atom. The Kier molecular flexibility index (Phi) is 4.09. The molecule has 0 bridgehead atoms. The van der Waals surface area contributed by atoms with Crippen molar-refractivity contribution in [2.75, 3.05) is 19.1 Å². The molecule has 6 nitrogen and oxygen atoms in total. The molecule has 2 aromatic rings. The molecule has 1 aliphatic rings. The maximum Gasteiger partial charge on any atom is 0.278 e. The SMILES string of the molecule is COc1ccc(N(C)C(=O)c2ccn(C3CCCC3)n2)cn1. The molecule has 0 radical (unpaired) electrons. The van der Waals surface area contributed by atoms with Gasteiger partial charge in [0.25, 0.3) is 5.91 Å². The standard InChI is InChI=1S/C16H20N4O2/c1-19(13-7-8-15(22-2)17-11-13)16(21)14-9-10-20(18-14)12-5-3-4-6-12/h7-12H,3-6H2,1-2H3. The Morgan fingerprint density at radius 3 is 2.73 bits per heavy atom. The number of nitrogens with zero attached hydrogens (tertiary/aromatic N) is 4. The van der Waals surface area contributed by atoms with E-state index in [9.17, 15) is 4.79 Å². The monoisotopic (exact) mass is 300 g/mol. The summed E-state index contributed by atoms with van der Waals surface area (Å²) in [7, 11) is 3.28. The van der Waals surface area contributed by atoms with Crippen molar-refractivity contribution in [3.8, 4) is 5.88 Å². The molecule has 0 atom stereocenters. The number of pyridine rings is 1. The average molecular weight is 300 g/mol. The van der Waals surface area contributed by atoms with Crippen LogP contribution in [0.1, 0.15) is 42.2 Å². The third-order valence-corrected chi connectivity index (χ3v) is 4.15. The molecule has 22 heavy (non-hydrogen) atoms. The Hall–Kier alpha value is -2.37. The highest BCUT2D eigenvalue weighted by Crippen LogP contribution is 2.28. The molecule has 2 aromatic heterocycles. The van der Waals surface area contributed by atoms with Crippen LogP contribution in [0.4, 0.5) is 5.69 Å². The third kappa shape index (κ3) is 2.81. The van der Waals surface area contributed by atoms with Crippen molar-refractivity contribution >= 4 is 11.6 Å². The fourth-order valence-electron chi connectivity index (χ4n) is 2.80. The fraction of sp³-hybridized carbons (Fsp3) is 0.438. The minimum Gasteiger partial charge on any atom is -0.481 e. The van der Waals surface area contributed by atoms with E-state index in [4.69, 9.17) is 4.74 Å². The molecule has 0 spiro atoms. The van der Waals surface area contributed by atoms with Crippen LogP contribution in [0.25, 0.3) is 0 Å². The number of hydrogen-bond acceptors (Lipinski definition) is 4. The van der Waals surface area contributed by atoms with Gasteiger partial charge in [0.05, 0.1) is 25.0 Å². The summed E-state index contributed by atoms with van der Waals surface area (Å²) in [6.07, 6.45) is 8.30. The van der Waals surface area contributed by atoms with Crippen molar-refractivity contribution < 1.29 is 9.53 Å². The van der Waals surface area contributed by atoms with Gasteiger partial charge in [0, 0.05) is 19.3 Å². The molecular weight excluding hydrogens is 280 g/mol. The summed E-state index contributed by atoms with van der Waals surface area (Å²) in [5.41, 5.74) is 1.17. The largest absolute Gasteiger partial charge is 0.481 e. The number of carbonyl (C=O) groups is 1. The Labute approximate surface area is 129 Å². The van der Waals surface area contributed by atoms with Gasteiger partial charge in [-0.1, -0.05) is 12.8 Å². The van der Waals surface area contributed by atoms with Crippen molar-refractivity contribution in [3.05, 3.63) is 36.3 Å². The minimum atomic E-state index is -0.135. The molecule has 1 saturated carbocycles. The Balaban J connectivity index is 1.74. The highest BCUT2D eigenvalue weighted by molar-refractivity contribution is 6.04. The number of anilines is 1. The molecule has 116 valence electrons. The summed E-state index contributed by atoms with van der Waals surface area (Å²) in [5, 5.41) is 4.45. The van der Waals surface area contributed by atoms with E-state index in [-0.39, 0.29) is 5.91 Å². The highest BCUT2D eigenvalue weighted by Gasteiger charge is 2.21. The maximum atomic E-state index is 12.5. The second kappa shape index (κ2) is 6.17. The summed E-state index contributed by atoms with van der Waals surface area (Å²) in [5.74, 6) is 0.388. The zero-order chi connectivity index (χ0) is 15.5. The van der Waals surface area contributed by atoms with E-state index in [1.54, 1.807) is 43.5 Å². The molecule has 1 fully saturated rings. The summed E-state index contributed by atoms with van der Waals surface area (Å²) in [6, 6.07) is 5.76. The van der Waals surface area contributed by atoms with Crippen LogP contribution in [0.3, 0.4) is 0 Å². The van der Waals surface area contributed by atoms with Gasteiger partial charge in [-0.05, 0) is 25.0 Å². The maximum absolute atomic E-state index is 12.5. The van der Waals surface area contributed by atoms with E-state index in [1.165, 1.54) is 12.8 Å². The van der Waals surface area contributed by atoms with Gasteiger partial charge in [-0.3, -0.25) is 9.48 Å². The van der Waals surface area contributed by atoms with Gasteiger partial charge in [0.2, 0.25) is 5.88 Å². The number of hydrogen-bond donors (Lipinski definition) is 0. The molecule has 3 rings (SSSR count). The van der Waals surface area contributed by atoms with E-state index >= 15 is 0 Å². The number of ether oxygens (including phenoxy) is 1. The van der Waals surface area contributed by atoms with Crippen LogP contribution in [0, 0.1) is 0 Å². The first-order valence-corrected chi connectivity index (χ1v) is 7.52. The van der Waals surface area contributed by atoms with E-state index in [0.29, 0.717) is 23.3 Å². The predicted octanol–water partition coefficient (Wildman–Crippen LogP) is 2.68. The quantitative estimate of drug-likeness (QED) is 0.871. The van der Waals surface area contributed by atoms with Crippen molar-refractivity contribution in [1.82, 2.24) is 14.8 Å². The van der Waals surface area contributed by atoms with Gasteiger partial charge in [0.15, 0.2) is 5.69 Å². The number of rotatable bonds is 4. The first-order chi connectivity index (χ1) is 10.7. The fourth-order valence-corrected chi connectivity index (χ4v) is 2.80. The molecule has 1 aliphatic carbocycles. The molecule has 0 N–H and O–H groups in total. The topological polar surface area (TPSA) is 60.2 Å². The van der Waals surface area contributed by atoms with Gasteiger partial charge < -0.3 is 9.64 Å². The molecule has 0 saturated heterocycles. The zero-order valence-corrected chi connectivity index (χ0v) is 12.9. The highest BCUT2D eigenvalue weighted by atomic mass is 16.5. The summed E-state index contributed by atoms with van der Waals surface area (Å²) < 4.78 is 6.95. The van der Waals surface area contributed by atoms with Crippen molar-refractivity contribution in [2.24, 2.45) is 0 Å². The molecule has 2 heterocycles. The third-order valence-electron chi connectivity index (χ3n) is 4.15. The van der Waals surface area contributed by atoms with Gasteiger partial charge in [-0.2, -0.15) is 5.10 Å². The first kappa shape index (κ1) is 14.6. The lowest BCUT2D eigenvalue weighted by Gasteiger charge is -2.16. The lowest BCUT2D eigenvalue weighted by molar-refractivity contribution is 0.0987. The van der Waals surface area contributed by atoms with Crippen LogP contribution >= 0.6 is 0 Å². The lowest BCUT2D eigenvalue weighted by atomic mass is 10.3. The zero-order valence-electron chi connectivity index (χ0n) is 12.9. The van der Waals surface area contributed by atoms with Crippen LogP contribution < -0.4 is 9.64 Å². The summed E-state index contributed by atoms with van der Waals surface area (Å²) in [6.45, 7) is 0. The minimum absolute atomic E-state index is 0.135. The van der Waals surface area contributed by atoms with Crippen molar-refractivity contribution in [2.45, 2.75) is 31.7 Å². The Morgan fingerprint density at radius 2 is 2.09 bits per heavy atom. The van der Waals surface area contributed by atoms with E-state index in [0.717, 1.165) is 12.8 Å². The molecule has 6 heteroatoms. The number of carbonyl (C=O) groups excluding carboxylic acids is 1. The lowest BCUT2D eigenvalue weighted by Crippen LogP contribution is -2.27. The number of amides is 1. The van der Waals surface area contributed by atoms with Crippen LogP contribution in [0.15, 0.2) is 30.6 Å². The number of aromatic nitrogens is 3. The normalized spacial score (nSPS) is 15.0. The van der Waals surface area contributed by atoms with Crippen LogP contribution in [-0.2, 0) is 0 Å². The summed E-state index contributed by atoms with van der Waals surface area (Å²) >= 11 is 0. The smallest absolute Gasteiger partial charge is 0.278 e. The molecule has 0 aliphatic heterocycles. The van der Waals surface area contributed by atoms with Gasteiger partial charge >= 0.3 is 0 Å². The van der Waals surface area contributed by atoms with Crippen molar-refractivity contribution in [3.63, 3.8) is 0 Å². The molecule has 0 unspecified atom stereocenters. The predicted molar refractivity (Wildman–Crippen MR) is 83.3 cm³/mol. The Bertz CT molecular complexity index is 644. The molecule has 1 amide bonds. The summed E-state index contributed by atoms with van der Waals surface area (Å²) in [4.78, 5) is 18.2. The molecule has 0 aromatic carbocycles. The average Bonchev–Trinajstić information content (AvgIpc) is 3.24. The van der Waals surface area contributed by atoms with Crippen molar-refractivity contribution in [1.29, 1.82) is 0 Å². The van der Waals surface area contributed by atoms with Crippen LogP contribution in [0.5, 0.6) is 5.88 Å².